The lowest BCUT2D eigenvalue weighted by Crippen LogP contribution is -2.27. The Balaban J connectivity index is 1.54. The molecular weight excluding hydrogens is 448 g/mol. The maximum absolute atomic E-state index is 12.2. The van der Waals surface area contributed by atoms with Gasteiger partial charge in [-0.05, 0) is 55.3 Å². The van der Waals surface area contributed by atoms with Gasteiger partial charge in [-0.1, -0.05) is 58.9 Å². The number of carbonyl (C=O) groups excluding carboxylic acids is 1. The Labute approximate surface area is 204 Å². The minimum atomic E-state index is -0.256. The lowest BCUT2D eigenvalue weighted by Gasteiger charge is -2.23. The Morgan fingerprint density at radius 2 is 1.68 bits per heavy atom. The van der Waals surface area contributed by atoms with Gasteiger partial charge in [-0.2, -0.15) is 0 Å². The van der Waals surface area contributed by atoms with Crippen molar-refractivity contribution in [3.05, 3.63) is 102 Å². The summed E-state index contributed by atoms with van der Waals surface area (Å²) < 4.78 is 12.3. The molecule has 0 aliphatic heterocycles. The van der Waals surface area contributed by atoms with Crippen molar-refractivity contribution in [1.82, 2.24) is 9.29 Å². The topological polar surface area (TPSA) is 61.7 Å². The van der Waals surface area contributed by atoms with E-state index in [2.05, 4.69) is 36.5 Å². The maximum Gasteiger partial charge on any atom is 0.307 e. The normalized spacial score (nSPS) is 12.9. The van der Waals surface area contributed by atoms with E-state index >= 15 is 0 Å². The fourth-order valence-corrected chi connectivity index (χ4v) is 4.47. The Morgan fingerprint density at radius 1 is 0.971 bits per heavy atom. The number of carbonyl (C=O) groups is 1. The molecule has 4 aromatic rings. The summed E-state index contributed by atoms with van der Waals surface area (Å²) in [7, 11) is 1.42. The van der Waals surface area contributed by atoms with Crippen molar-refractivity contribution in [2.24, 2.45) is 0 Å². The number of hydrogen-bond donors (Lipinski definition) is 1. The Bertz CT molecular complexity index is 1230. The van der Waals surface area contributed by atoms with Crippen molar-refractivity contribution in [1.29, 1.82) is 0 Å². The van der Waals surface area contributed by atoms with Gasteiger partial charge in [0.1, 0.15) is 0 Å². The van der Waals surface area contributed by atoms with E-state index < -0.39 is 0 Å². The Hall–Kier alpha value is -3.26. The molecular formula is C27H28N2O4S. The molecule has 0 aliphatic carbocycles. The molecule has 3 aromatic carbocycles. The quantitative estimate of drug-likeness (QED) is 0.125. The monoisotopic (exact) mass is 476 g/mol. The first-order chi connectivity index (χ1) is 16.5. The van der Waals surface area contributed by atoms with Crippen LogP contribution in [0.3, 0.4) is 0 Å². The number of rotatable bonds is 10. The molecule has 0 spiro atoms. The molecule has 7 heteroatoms. The Kier molecular flexibility index (Phi) is 7.90. The number of aryl methyl sites for hydroxylation is 1. The third-order valence-corrected chi connectivity index (χ3v) is 6.45. The highest BCUT2D eigenvalue weighted by molar-refractivity contribution is 7.93. The number of para-hydroxylation sites is 1. The molecule has 2 atom stereocenters. The highest BCUT2D eigenvalue weighted by atomic mass is 32.2. The minimum Gasteiger partial charge on any atom is -0.469 e. The van der Waals surface area contributed by atoms with Gasteiger partial charge < -0.3 is 14.9 Å². The molecule has 0 radical (unpaired) electrons. The molecule has 6 nitrogen and oxygen atoms in total. The largest absolute Gasteiger partial charge is 0.469 e. The second-order valence-electron chi connectivity index (χ2n) is 8.07. The molecule has 0 saturated heterocycles. The van der Waals surface area contributed by atoms with Crippen LogP contribution in [0.25, 0.3) is 10.9 Å². The summed E-state index contributed by atoms with van der Waals surface area (Å²) >= 11 is 1.12. The molecule has 1 N–H and O–H groups in total. The molecule has 2 unspecified atom stereocenters. The number of hydrogen-bond acceptors (Lipinski definition) is 6. The SMILES string of the molecule is COC(=O)CC(NC(C)c1ccccc1)c1ccc2c(c1)cc(C)n2SOOc1ccccc1. The number of ether oxygens (including phenoxy) is 1. The lowest BCUT2D eigenvalue weighted by molar-refractivity contribution is -0.141. The van der Waals surface area contributed by atoms with Crippen LogP contribution in [0, 0.1) is 6.92 Å². The summed E-state index contributed by atoms with van der Waals surface area (Å²) in [6.45, 7) is 4.11. The zero-order valence-electron chi connectivity index (χ0n) is 19.4. The number of fused-ring (bicyclic) bond motifs is 1. The molecule has 0 fully saturated rings. The van der Waals surface area contributed by atoms with Crippen LogP contribution in [0.5, 0.6) is 5.75 Å². The summed E-state index contributed by atoms with van der Waals surface area (Å²) in [5.74, 6) is 0.379. The van der Waals surface area contributed by atoms with Gasteiger partial charge >= 0.3 is 5.97 Å². The molecule has 1 aromatic heterocycles. The molecule has 0 amide bonds. The zero-order chi connectivity index (χ0) is 23.9. The molecule has 4 rings (SSSR count). The van der Waals surface area contributed by atoms with E-state index in [0.29, 0.717) is 5.75 Å². The maximum atomic E-state index is 12.2. The zero-order valence-corrected chi connectivity index (χ0v) is 20.2. The predicted molar refractivity (Wildman–Crippen MR) is 135 cm³/mol. The molecule has 34 heavy (non-hydrogen) atoms. The van der Waals surface area contributed by atoms with Gasteiger partial charge in [0.2, 0.25) is 0 Å². The molecule has 0 saturated carbocycles. The van der Waals surface area contributed by atoms with Crippen molar-refractivity contribution < 1.29 is 18.8 Å². The fourth-order valence-electron chi connectivity index (χ4n) is 3.89. The van der Waals surface area contributed by atoms with E-state index in [0.717, 1.165) is 40.0 Å². The first-order valence-electron chi connectivity index (χ1n) is 11.1. The van der Waals surface area contributed by atoms with Crippen LogP contribution in [-0.4, -0.2) is 17.1 Å². The van der Waals surface area contributed by atoms with E-state index in [9.17, 15) is 4.79 Å². The molecule has 1 heterocycles. The molecule has 0 bridgehead atoms. The summed E-state index contributed by atoms with van der Waals surface area (Å²) in [6.07, 6.45) is 0.238. The third kappa shape index (κ3) is 5.80. The highest BCUT2D eigenvalue weighted by Gasteiger charge is 2.20. The predicted octanol–water partition coefficient (Wildman–Crippen LogP) is 6.33. The average molecular weight is 477 g/mol. The summed E-state index contributed by atoms with van der Waals surface area (Å²) in [4.78, 5) is 17.5. The molecule has 176 valence electrons. The van der Waals surface area contributed by atoms with Crippen molar-refractivity contribution in [2.45, 2.75) is 32.4 Å². The van der Waals surface area contributed by atoms with E-state index in [1.54, 1.807) is 0 Å². The summed E-state index contributed by atoms with van der Waals surface area (Å²) in [5, 5.41) is 4.65. The highest BCUT2D eigenvalue weighted by Crippen LogP contribution is 2.30. The van der Waals surface area contributed by atoms with Crippen molar-refractivity contribution in [3.63, 3.8) is 0 Å². The van der Waals surface area contributed by atoms with Gasteiger partial charge in [0.15, 0.2) is 18.0 Å². The number of aromatic nitrogens is 1. The number of nitrogens with zero attached hydrogens (tertiary/aromatic N) is 1. The summed E-state index contributed by atoms with van der Waals surface area (Å²) in [6, 6.07) is 27.7. The minimum absolute atomic E-state index is 0.0666. The average Bonchev–Trinajstić information content (AvgIpc) is 3.18. The van der Waals surface area contributed by atoms with Crippen LogP contribution in [-0.2, 0) is 13.9 Å². The van der Waals surface area contributed by atoms with Gasteiger partial charge in [-0.15, -0.1) is 0 Å². The third-order valence-electron chi connectivity index (χ3n) is 5.69. The van der Waals surface area contributed by atoms with Gasteiger partial charge in [-0.25, -0.2) is 0 Å². The van der Waals surface area contributed by atoms with E-state index in [4.69, 9.17) is 14.0 Å². The Morgan fingerprint density at radius 3 is 2.38 bits per heavy atom. The van der Waals surface area contributed by atoms with Crippen LogP contribution < -0.4 is 10.2 Å². The second kappa shape index (κ2) is 11.2. The van der Waals surface area contributed by atoms with Crippen LogP contribution >= 0.6 is 12.2 Å². The van der Waals surface area contributed by atoms with Gasteiger partial charge in [-0.3, -0.25) is 8.77 Å². The fraction of sp³-hybridized carbons (Fsp3) is 0.222. The van der Waals surface area contributed by atoms with Crippen molar-refractivity contribution in [2.75, 3.05) is 7.11 Å². The smallest absolute Gasteiger partial charge is 0.307 e. The number of benzene rings is 3. The van der Waals surface area contributed by atoms with Crippen LogP contribution in [0.15, 0.2) is 84.9 Å². The lowest BCUT2D eigenvalue weighted by atomic mass is 9.99. The van der Waals surface area contributed by atoms with Crippen molar-refractivity contribution >= 4 is 29.1 Å². The number of esters is 1. The van der Waals surface area contributed by atoms with E-state index in [-0.39, 0.29) is 24.5 Å². The molecule has 0 aliphatic rings. The van der Waals surface area contributed by atoms with Gasteiger partial charge in [0.05, 0.1) is 19.0 Å². The van der Waals surface area contributed by atoms with Crippen molar-refractivity contribution in [3.8, 4) is 5.75 Å². The van der Waals surface area contributed by atoms with Crippen LogP contribution in [0.4, 0.5) is 0 Å². The number of nitrogens with one attached hydrogen (secondary N) is 1. The second-order valence-corrected chi connectivity index (χ2v) is 8.72. The van der Waals surface area contributed by atoms with Gasteiger partial charge in [0.25, 0.3) is 0 Å². The van der Waals surface area contributed by atoms with E-state index in [1.165, 1.54) is 7.11 Å². The number of methoxy groups -OCH3 is 1. The van der Waals surface area contributed by atoms with Crippen LogP contribution in [0.1, 0.15) is 42.2 Å². The standard InChI is InChI=1S/C27H28N2O4S/c1-19-16-23-17-22(14-15-26(23)29(19)34-33-32-24-12-8-5-9-13-24)25(18-27(30)31-3)28-20(2)21-10-6-4-7-11-21/h4-17,20,25,28H,18H2,1-3H3. The van der Waals surface area contributed by atoms with E-state index in [1.807, 2.05) is 71.6 Å². The summed E-state index contributed by atoms with van der Waals surface area (Å²) in [5.41, 5.74) is 4.19. The first kappa shape index (κ1) is 23.9. The first-order valence-corrected chi connectivity index (χ1v) is 11.8. The van der Waals surface area contributed by atoms with Crippen LogP contribution in [0.2, 0.25) is 0 Å². The van der Waals surface area contributed by atoms with Gasteiger partial charge in [0, 0.05) is 23.2 Å².